The molecular weight excluding hydrogens is 260 g/mol. The summed E-state index contributed by atoms with van der Waals surface area (Å²) < 4.78 is 26.3. The number of nitrogens with zero attached hydrogens (tertiary/aromatic N) is 1. The summed E-state index contributed by atoms with van der Waals surface area (Å²) >= 11 is 0. The fraction of sp³-hybridized carbons (Fsp3) is 0.571. The average Bonchev–Trinajstić information content (AvgIpc) is 2.40. The fourth-order valence-electron chi connectivity index (χ4n) is 1.98. The highest BCUT2D eigenvalue weighted by atomic mass is 32.2. The van der Waals surface area contributed by atoms with Crippen LogP contribution in [0.25, 0.3) is 0 Å². The third-order valence-electron chi connectivity index (χ3n) is 3.06. The second-order valence-electron chi connectivity index (χ2n) is 4.53. The summed E-state index contributed by atoms with van der Waals surface area (Å²) in [4.78, 5) is 0.367. The van der Waals surface area contributed by atoms with E-state index < -0.39 is 10.0 Å². The molecule has 0 radical (unpaired) electrons. The van der Waals surface area contributed by atoms with Gasteiger partial charge in [0.05, 0.1) is 4.90 Å². The first-order valence-electron chi connectivity index (χ1n) is 6.85. The summed E-state index contributed by atoms with van der Waals surface area (Å²) in [6.07, 6.45) is 2.72. The van der Waals surface area contributed by atoms with Crippen molar-refractivity contribution in [2.45, 2.75) is 38.0 Å². The van der Waals surface area contributed by atoms with Gasteiger partial charge in [0.2, 0.25) is 10.0 Å². The molecule has 2 N–H and O–H groups in total. The number of hydrogen-bond donors (Lipinski definition) is 1. The maximum Gasteiger partial charge on any atom is 0.243 e. The molecule has 0 aromatic heterocycles. The fourth-order valence-corrected chi connectivity index (χ4v) is 3.47. The van der Waals surface area contributed by atoms with Crippen molar-refractivity contribution in [1.82, 2.24) is 4.31 Å². The first kappa shape index (κ1) is 16.1. The molecule has 0 amide bonds. The quantitative estimate of drug-likeness (QED) is 0.794. The summed E-state index contributed by atoms with van der Waals surface area (Å²) in [5, 5.41) is 0. The molecule has 0 saturated heterocycles. The minimum Gasteiger partial charge on any atom is -0.330 e. The van der Waals surface area contributed by atoms with Crippen molar-refractivity contribution in [2.24, 2.45) is 5.73 Å². The Bertz CT molecular complexity index is 469. The number of aryl methyl sites for hydroxylation is 1. The van der Waals surface area contributed by atoms with E-state index >= 15 is 0 Å². The Balaban J connectivity index is 2.91. The van der Waals surface area contributed by atoms with Crippen LogP contribution in [0.1, 0.15) is 32.3 Å². The van der Waals surface area contributed by atoms with E-state index in [1.165, 1.54) is 9.87 Å². The first-order chi connectivity index (χ1) is 9.06. The summed E-state index contributed by atoms with van der Waals surface area (Å²) in [5.74, 6) is 0. The van der Waals surface area contributed by atoms with Gasteiger partial charge in [-0.1, -0.05) is 32.4 Å². The Labute approximate surface area is 116 Å². The van der Waals surface area contributed by atoms with E-state index in [4.69, 9.17) is 5.73 Å². The van der Waals surface area contributed by atoms with Gasteiger partial charge in [-0.05, 0) is 37.1 Å². The van der Waals surface area contributed by atoms with Gasteiger partial charge < -0.3 is 5.73 Å². The number of rotatable bonds is 8. The number of benzene rings is 1. The second kappa shape index (κ2) is 7.62. The molecule has 0 aliphatic heterocycles. The van der Waals surface area contributed by atoms with Crippen LogP contribution >= 0.6 is 0 Å². The molecule has 0 unspecified atom stereocenters. The highest BCUT2D eigenvalue weighted by Crippen LogP contribution is 2.17. The van der Waals surface area contributed by atoms with E-state index in [9.17, 15) is 8.42 Å². The molecule has 1 aromatic rings. The minimum absolute atomic E-state index is 0.367. The van der Waals surface area contributed by atoms with E-state index in [1.807, 2.05) is 19.1 Å². The van der Waals surface area contributed by atoms with Gasteiger partial charge in [0.15, 0.2) is 0 Å². The maximum absolute atomic E-state index is 12.4. The largest absolute Gasteiger partial charge is 0.330 e. The van der Waals surface area contributed by atoms with Crippen molar-refractivity contribution in [3.8, 4) is 0 Å². The zero-order valence-corrected chi connectivity index (χ0v) is 12.6. The standard InChI is InChI=1S/C14H24N2O2S/c1-3-6-13-7-9-14(10-8-13)19(17,18)16(4-2)12-5-11-15/h7-10H,3-6,11-12,15H2,1-2H3. The zero-order chi connectivity index (χ0) is 14.3. The van der Waals surface area contributed by atoms with E-state index in [2.05, 4.69) is 6.92 Å². The summed E-state index contributed by atoms with van der Waals surface area (Å²) in [5.41, 5.74) is 6.62. The average molecular weight is 284 g/mol. The minimum atomic E-state index is -3.38. The van der Waals surface area contributed by atoms with E-state index in [1.54, 1.807) is 12.1 Å². The third kappa shape index (κ3) is 4.30. The molecule has 5 heteroatoms. The lowest BCUT2D eigenvalue weighted by atomic mass is 10.1. The van der Waals surface area contributed by atoms with Crippen LogP contribution in [0.3, 0.4) is 0 Å². The van der Waals surface area contributed by atoms with Gasteiger partial charge >= 0.3 is 0 Å². The van der Waals surface area contributed by atoms with Crippen molar-refractivity contribution in [2.75, 3.05) is 19.6 Å². The van der Waals surface area contributed by atoms with Crippen LogP contribution in [0.4, 0.5) is 0 Å². The van der Waals surface area contributed by atoms with Gasteiger partial charge in [-0.3, -0.25) is 0 Å². The molecule has 0 heterocycles. The van der Waals surface area contributed by atoms with Crippen LogP contribution < -0.4 is 5.73 Å². The monoisotopic (exact) mass is 284 g/mol. The molecule has 0 fully saturated rings. The van der Waals surface area contributed by atoms with Crippen LogP contribution in [0.2, 0.25) is 0 Å². The number of nitrogens with two attached hydrogens (primary N) is 1. The zero-order valence-electron chi connectivity index (χ0n) is 11.8. The van der Waals surface area contributed by atoms with Crippen LogP contribution in [0.5, 0.6) is 0 Å². The molecular formula is C14H24N2O2S. The van der Waals surface area contributed by atoms with Crippen molar-refractivity contribution in [3.63, 3.8) is 0 Å². The van der Waals surface area contributed by atoms with E-state index in [-0.39, 0.29) is 0 Å². The summed E-state index contributed by atoms with van der Waals surface area (Å²) in [6.45, 7) is 5.41. The van der Waals surface area contributed by atoms with E-state index in [0.29, 0.717) is 31.0 Å². The Morgan fingerprint density at radius 1 is 1.16 bits per heavy atom. The van der Waals surface area contributed by atoms with Crippen LogP contribution in [-0.4, -0.2) is 32.4 Å². The highest BCUT2D eigenvalue weighted by Gasteiger charge is 2.22. The van der Waals surface area contributed by atoms with Gasteiger partial charge in [-0.15, -0.1) is 0 Å². The lowest BCUT2D eigenvalue weighted by Gasteiger charge is -2.20. The molecule has 1 rings (SSSR count). The SMILES string of the molecule is CCCc1ccc(S(=O)(=O)N(CC)CCCN)cc1. The summed E-state index contributed by atoms with van der Waals surface area (Å²) in [6, 6.07) is 7.19. The van der Waals surface area contributed by atoms with Crippen molar-refractivity contribution < 1.29 is 8.42 Å². The predicted molar refractivity (Wildman–Crippen MR) is 78.5 cm³/mol. The van der Waals surface area contributed by atoms with Crippen LogP contribution in [0.15, 0.2) is 29.2 Å². The van der Waals surface area contributed by atoms with E-state index in [0.717, 1.165) is 12.8 Å². The highest BCUT2D eigenvalue weighted by molar-refractivity contribution is 7.89. The third-order valence-corrected chi connectivity index (χ3v) is 5.05. The molecule has 108 valence electrons. The van der Waals surface area contributed by atoms with Gasteiger partial charge in [-0.2, -0.15) is 4.31 Å². The Hall–Kier alpha value is -0.910. The number of hydrogen-bond acceptors (Lipinski definition) is 3. The van der Waals surface area contributed by atoms with Gasteiger partial charge in [0, 0.05) is 13.1 Å². The van der Waals surface area contributed by atoms with Gasteiger partial charge in [0.1, 0.15) is 0 Å². The lowest BCUT2D eigenvalue weighted by Crippen LogP contribution is -2.32. The number of sulfonamides is 1. The maximum atomic E-state index is 12.4. The Morgan fingerprint density at radius 2 is 1.79 bits per heavy atom. The summed E-state index contributed by atoms with van der Waals surface area (Å²) in [7, 11) is -3.38. The lowest BCUT2D eigenvalue weighted by molar-refractivity contribution is 0.423. The molecule has 0 spiro atoms. The Kier molecular flexibility index (Phi) is 6.48. The van der Waals surface area contributed by atoms with Crippen molar-refractivity contribution in [1.29, 1.82) is 0 Å². The van der Waals surface area contributed by atoms with Gasteiger partial charge in [-0.25, -0.2) is 8.42 Å². The molecule has 4 nitrogen and oxygen atoms in total. The van der Waals surface area contributed by atoms with Crippen LogP contribution in [-0.2, 0) is 16.4 Å². The molecule has 19 heavy (non-hydrogen) atoms. The van der Waals surface area contributed by atoms with Crippen molar-refractivity contribution in [3.05, 3.63) is 29.8 Å². The predicted octanol–water partition coefficient (Wildman–Crippen LogP) is 2.00. The molecule has 1 aromatic carbocycles. The molecule has 0 bridgehead atoms. The van der Waals surface area contributed by atoms with Crippen LogP contribution in [0, 0.1) is 0 Å². The first-order valence-corrected chi connectivity index (χ1v) is 8.29. The smallest absolute Gasteiger partial charge is 0.243 e. The topological polar surface area (TPSA) is 63.4 Å². The Morgan fingerprint density at radius 3 is 2.26 bits per heavy atom. The van der Waals surface area contributed by atoms with Gasteiger partial charge in [0.25, 0.3) is 0 Å². The molecule has 0 atom stereocenters. The normalized spacial score (nSPS) is 12.0. The second-order valence-corrected chi connectivity index (χ2v) is 6.47. The van der Waals surface area contributed by atoms with Crippen molar-refractivity contribution >= 4 is 10.0 Å². The molecule has 0 aliphatic carbocycles. The molecule has 0 saturated carbocycles. The molecule has 0 aliphatic rings.